The summed E-state index contributed by atoms with van der Waals surface area (Å²) in [5, 5.41) is 0. The average molecular weight is 213 g/mol. The molecule has 0 bridgehead atoms. The number of nitrogens with one attached hydrogen (secondary N) is 1. The van der Waals surface area contributed by atoms with Crippen LogP contribution in [-0.4, -0.2) is 32.5 Å². The molecule has 0 aromatic carbocycles. The Morgan fingerprint density at radius 3 is 2.60 bits per heavy atom. The zero-order chi connectivity index (χ0) is 11.5. The first kappa shape index (κ1) is 13.1. The van der Waals surface area contributed by atoms with Crippen molar-refractivity contribution in [3.8, 4) is 0 Å². The SMILES string of the molecule is COC(C)=NC(=NC=N/C=C\NN)OC. The van der Waals surface area contributed by atoms with Crippen LogP contribution in [-0.2, 0) is 9.47 Å². The van der Waals surface area contributed by atoms with Crippen LogP contribution in [0.3, 0.4) is 0 Å². The Labute approximate surface area is 88.4 Å². The fraction of sp³-hybridized carbons (Fsp3) is 0.375. The van der Waals surface area contributed by atoms with Crippen LogP contribution >= 0.6 is 0 Å². The third-order valence-electron chi connectivity index (χ3n) is 1.22. The Morgan fingerprint density at radius 1 is 1.33 bits per heavy atom. The first-order valence-electron chi connectivity index (χ1n) is 4.08. The largest absolute Gasteiger partial charge is 0.484 e. The predicted molar refractivity (Wildman–Crippen MR) is 59.5 cm³/mol. The van der Waals surface area contributed by atoms with Gasteiger partial charge in [-0.25, -0.2) is 4.99 Å². The van der Waals surface area contributed by atoms with Crippen molar-refractivity contribution in [3.63, 3.8) is 0 Å². The van der Waals surface area contributed by atoms with Crippen molar-refractivity contribution < 1.29 is 9.47 Å². The molecule has 0 aliphatic rings. The molecule has 0 heterocycles. The van der Waals surface area contributed by atoms with Crippen molar-refractivity contribution in [2.45, 2.75) is 6.92 Å². The number of rotatable bonds is 3. The van der Waals surface area contributed by atoms with Crippen LogP contribution in [0, 0.1) is 0 Å². The first-order valence-corrected chi connectivity index (χ1v) is 4.08. The summed E-state index contributed by atoms with van der Waals surface area (Å²) >= 11 is 0. The minimum atomic E-state index is 0.159. The van der Waals surface area contributed by atoms with E-state index < -0.39 is 0 Å². The maximum Gasteiger partial charge on any atom is 0.320 e. The summed E-state index contributed by atoms with van der Waals surface area (Å²) in [6, 6.07) is 0.159. The predicted octanol–water partition coefficient (Wildman–Crippen LogP) is 0.0164. The highest BCUT2D eigenvalue weighted by Crippen LogP contribution is 1.86. The molecule has 0 amide bonds. The quantitative estimate of drug-likeness (QED) is 0.299. The second kappa shape index (κ2) is 8.70. The van der Waals surface area contributed by atoms with E-state index in [4.69, 9.17) is 15.3 Å². The van der Waals surface area contributed by atoms with Gasteiger partial charge in [0.25, 0.3) is 0 Å². The molecule has 0 radical (unpaired) electrons. The zero-order valence-corrected chi connectivity index (χ0v) is 8.97. The lowest BCUT2D eigenvalue weighted by molar-refractivity contribution is 0.382. The fourth-order valence-corrected chi connectivity index (χ4v) is 0.515. The molecule has 3 N–H and O–H groups in total. The van der Waals surface area contributed by atoms with Crippen molar-refractivity contribution in [1.82, 2.24) is 5.43 Å². The van der Waals surface area contributed by atoms with Gasteiger partial charge >= 0.3 is 6.02 Å². The summed E-state index contributed by atoms with van der Waals surface area (Å²) in [7, 11) is 2.96. The molecule has 0 fully saturated rings. The molecule has 0 aromatic heterocycles. The fourth-order valence-electron chi connectivity index (χ4n) is 0.515. The molecule has 7 heteroatoms. The summed E-state index contributed by atoms with van der Waals surface area (Å²) < 4.78 is 9.69. The lowest BCUT2D eigenvalue weighted by atomic mass is 10.7. The lowest BCUT2D eigenvalue weighted by Crippen LogP contribution is -2.12. The number of hydrogen-bond acceptors (Lipinski definition) is 5. The van der Waals surface area contributed by atoms with E-state index in [2.05, 4.69) is 20.4 Å². The molecule has 0 atom stereocenters. The minimum absolute atomic E-state index is 0.159. The number of aliphatic imine (C=N–C) groups is 3. The molecule has 0 rings (SSSR count). The Kier molecular flexibility index (Phi) is 7.60. The lowest BCUT2D eigenvalue weighted by Gasteiger charge is -1.98. The number of hydrogen-bond donors (Lipinski definition) is 2. The monoisotopic (exact) mass is 213 g/mol. The van der Waals surface area contributed by atoms with Crippen LogP contribution in [0.25, 0.3) is 0 Å². The molecule has 0 spiro atoms. The molecule has 0 unspecified atom stereocenters. The van der Waals surface area contributed by atoms with E-state index in [0.29, 0.717) is 5.90 Å². The van der Waals surface area contributed by atoms with Crippen molar-refractivity contribution >= 4 is 18.3 Å². The van der Waals surface area contributed by atoms with Crippen LogP contribution in [0.15, 0.2) is 27.4 Å². The van der Waals surface area contributed by atoms with Gasteiger partial charge in [-0.05, 0) is 0 Å². The van der Waals surface area contributed by atoms with Gasteiger partial charge in [0, 0.05) is 19.3 Å². The van der Waals surface area contributed by atoms with Gasteiger partial charge in [0.15, 0.2) is 5.90 Å². The molecular formula is C8H15N5O2. The first-order chi connectivity index (χ1) is 7.24. The van der Waals surface area contributed by atoms with Crippen LogP contribution in [0.2, 0.25) is 0 Å². The normalized spacial score (nSPS) is 13.6. The number of methoxy groups -OCH3 is 2. The molecule has 0 saturated heterocycles. The van der Waals surface area contributed by atoms with Gasteiger partial charge < -0.3 is 14.9 Å². The van der Waals surface area contributed by atoms with Crippen LogP contribution < -0.4 is 11.3 Å². The minimum Gasteiger partial charge on any atom is -0.484 e. The second-order valence-corrected chi connectivity index (χ2v) is 2.20. The van der Waals surface area contributed by atoms with Crippen molar-refractivity contribution in [3.05, 3.63) is 12.4 Å². The van der Waals surface area contributed by atoms with E-state index in [1.165, 1.54) is 33.0 Å². The van der Waals surface area contributed by atoms with E-state index in [1.807, 2.05) is 0 Å². The highest BCUT2D eigenvalue weighted by atomic mass is 16.5. The molecular weight excluding hydrogens is 198 g/mol. The molecule has 0 aliphatic heterocycles. The molecule has 0 saturated carbocycles. The second-order valence-electron chi connectivity index (χ2n) is 2.20. The summed E-state index contributed by atoms with van der Waals surface area (Å²) in [5.41, 5.74) is 2.29. The van der Waals surface area contributed by atoms with E-state index in [0.717, 1.165) is 0 Å². The number of ether oxygens (including phenoxy) is 2. The molecule has 15 heavy (non-hydrogen) atoms. The van der Waals surface area contributed by atoms with Crippen LogP contribution in [0.5, 0.6) is 0 Å². The Bertz CT molecular complexity index is 283. The third-order valence-corrected chi connectivity index (χ3v) is 1.22. The van der Waals surface area contributed by atoms with Gasteiger partial charge in [-0.2, -0.15) is 9.98 Å². The molecule has 0 aliphatic carbocycles. The maximum absolute atomic E-state index is 4.97. The zero-order valence-electron chi connectivity index (χ0n) is 8.97. The highest BCUT2D eigenvalue weighted by Gasteiger charge is 1.94. The smallest absolute Gasteiger partial charge is 0.320 e. The van der Waals surface area contributed by atoms with E-state index in [9.17, 15) is 0 Å². The maximum atomic E-state index is 4.97. The van der Waals surface area contributed by atoms with Gasteiger partial charge in [0.1, 0.15) is 6.34 Å². The Balaban J connectivity index is 4.34. The number of amidine groups is 1. The van der Waals surface area contributed by atoms with Gasteiger partial charge in [0.05, 0.1) is 14.2 Å². The Hall–Kier alpha value is -1.89. The van der Waals surface area contributed by atoms with Gasteiger partial charge in [-0.3, -0.25) is 5.84 Å². The number of nitrogens with two attached hydrogens (primary N) is 1. The van der Waals surface area contributed by atoms with Crippen molar-refractivity contribution in [2.24, 2.45) is 20.8 Å². The summed E-state index contributed by atoms with van der Waals surface area (Å²) in [4.78, 5) is 11.5. The van der Waals surface area contributed by atoms with Crippen molar-refractivity contribution in [1.29, 1.82) is 0 Å². The van der Waals surface area contributed by atoms with Crippen LogP contribution in [0.4, 0.5) is 0 Å². The van der Waals surface area contributed by atoms with Gasteiger partial charge in [-0.15, -0.1) is 0 Å². The number of nitrogens with zero attached hydrogens (tertiary/aromatic N) is 3. The third kappa shape index (κ3) is 7.20. The highest BCUT2D eigenvalue weighted by molar-refractivity contribution is 5.92. The summed E-state index contributed by atoms with van der Waals surface area (Å²) in [5.74, 6) is 5.42. The van der Waals surface area contributed by atoms with Gasteiger partial charge in [0.2, 0.25) is 0 Å². The summed E-state index contributed by atoms with van der Waals surface area (Å²) in [6.45, 7) is 1.68. The topological polar surface area (TPSA) is 93.6 Å². The van der Waals surface area contributed by atoms with Crippen LogP contribution in [0.1, 0.15) is 6.92 Å². The molecule has 7 nitrogen and oxygen atoms in total. The van der Waals surface area contributed by atoms with E-state index in [-0.39, 0.29) is 6.02 Å². The average Bonchev–Trinajstić information content (AvgIpc) is 2.26. The molecule has 0 aromatic rings. The number of hydrazine groups is 1. The van der Waals surface area contributed by atoms with Gasteiger partial charge in [-0.1, -0.05) is 0 Å². The van der Waals surface area contributed by atoms with Crippen molar-refractivity contribution in [2.75, 3.05) is 14.2 Å². The standard InChI is InChI=1S/C8H15N5O2/c1-7(14-2)13-8(15-3)11-6-10-4-5-12-9/h4-6,12H,9H2,1-3H3/b5-4-,10-6?,11-8?,13-7?. The summed E-state index contributed by atoms with van der Waals surface area (Å²) in [6.07, 6.45) is 4.16. The van der Waals surface area contributed by atoms with E-state index in [1.54, 1.807) is 6.92 Å². The Morgan fingerprint density at radius 2 is 2.07 bits per heavy atom. The molecule has 84 valence electrons. The van der Waals surface area contributed by atoms with E-state index >= 15 is 0 Å².